The first kappa shape index (κ1) is 21.6. The minimum atomic E-state index is -4.50. The molecule has 0 saturated carbocycles. The fourth-order valence-electron chi connectivity index (χ4n) is 2.54. The van der Waals surface area contributed by atoms with E-state index in [1.807, 2.05) is 0 Å². The minimum Gasteiger partial charge on any atom is -0.491 e. The van der Waals surface area contributed by atoms with Gasteiger partial charge in [-0.2, -0.15) is 13.2 Å². The Kier molecular flexibility index (Phi) is 7.56. The third-order valence-electron chi connectivity index (χ3n) is 4.15. The summed E-state index contributed by atoms with van der Waals surface area (Å²) in [4.78, 5) is 12.1. The predicted molar refractivity (Wildman–Crippen MR) is 91.8 cm³/mol. The number of hydrogen-bond acceptors (Lipinski definition) is 3. The molecule has 8 heteroatoms. The van der Waals surface area contributed by atoms with Crippen LogP contribution in [-0.4, -0.2) is 25.1 Å². The molecule has 1 aromatic rings. The Morgan fingerprint density at radius 3 is 2.44 bits per heavy atom. The van der Waals surface area contributed by atoms with Crippen LogP contribution in [0.5, 0.6) is 5.75 Å². The number of carbonyl (C=O) groups excluding carboxylic acids is 1. The highest BCUT2D eigenvalue weighted by atomic mass is 35.5. The van der Waals surface area contributed by atoms with Gasteiger partial charge in [0.15, 0.2) is 0 Å². The first-order valence-electron chi connectivity index (χ1n) is 8.03. The molecule has 0 radical (unpaired) electrons. The fourth-order valence-corrected chi connectivity index (χ4v) is 2.54. The maximum Gasteiger partial charge on any atom is 0.416 e. The lowest BCUT2D eigenvalue weighted by Gasteiger charge is -2.31. The van der Waals surface area contributed by atoms with Crippen LogP contribution in [0.2, 0.25) is 0 Å². The van der Waals surface area contributed by atoms with Crippen LogP contribution in [0.25, 0.3) is 0 Å². The normalized spacial score (nSPS) is 16.0. The van der Waals surface area contributed by atoms with Gasteiger partial charge in [-0.05, 0) is 50.6 Å². The Balaban J connectivity index is 0.00000312. The lowest BCUT2D eigenvalue weighted by atomic mass is 9.88. The van der Waals surface area contributed by atoms with E-state index < -0.39 is 11.7 Å². The van der Waals surface area contributed by atoms with E-state index in [1.54, 1.807) is 20.8 Å². The van der Waals surface area contributed by atoms with Gasteiger partial charge in [-0.1, -0.05) is 13.0 Å². The summed E-state index contributed by atoms with van der Waals surface area (Å²) in [5.41, 5.74) is -0.746. The molecule has 0 aromatic heterocycles. The summed E-state index contributed by atoms with van der Waals surface area (Å²) >= 11 is 0. The molecule has 1 aliphatic heterocycles. The van der Waals surface area contributed by atoms with E-state index in [1.165, 1.54) is 12.1 Å². The highest BCUT2D eigenvalue weighted by Crippen LogP contribution is 2.34. The average Bonchev–Trinajstić information content (AvgIpc) is 2.41. The third kappa shape index (κ3) is 5.78. The molecule has 1 unspecified atom stereocenters. The third-order valence-corrected chi connectivity index (χ3v) is 4.15. The SMILES string of the molecule is CC(C)Oc1ccc(CNC(=O)C(C)C2CNC2)c(C(F)(F)F)c1.Cl. The van der Waals surface area contributed by atoms with Crippen molar-refractivity contribution in [2.75, 3.05) is 13.1 Å². The van der Waals surface area contributed by atoms with E-state index in [4.69, 9.17) is 4.74 Å². The first-order valence-corrected chi connectivity index (χ1v) is 8.03. The number of amides is 1. The smallest absolute Gasteiger partial charge is 0.416 e. The second-order valence-electron chi connectivity index (χ2n) is 6.41. The van der Waals surface area contributed by atoms with Gasteiger partial charge in [0.2, 0.25) is 5.91 Å². The number of benzene rings is 1. The topological polar surface area (TPSA) is 50.4 Å². The van der Waals surface area contributed by atoms with Gasteiger partial charge in [-0.25, -0.2) is 0 Å². The summed E-state index contributed by atoms with van der Waals surface area (Å²) in [6.07, 6.45) is -4.71. The van der Waals surface area contributed by atoms with Crippen LogP contribution in [0.1, 0.15) is 31.9 Å². The summed E-state index contributed by atoms with van der Waals surface area (Å²) < 4.78 is 45.1. The lowest BCUT2D eigenvalue weighted by Crippen LogP contribution is -2.49. The predicted octanol–water partition coefficient (Wildman–Crippen LogP) is 3.39. The van der Waals surface area contributed by atoms with Gasteiger partial charge >= 0.3 is 6.18 Å². The molecule has 1 aliphatic rings. The summed E-state index contributed by atoms with van der Waals surface area (Å²) in [7, 11) is 0. The standard InChI is InChI=1S/C17H23F3N2O2.ClH/c1-10(2)24-14-5-4-12(15(6-14)17(18,19)20)9-22-16(23)11(3)13-7-21-8-13;/h4-6,10-11,13,21H,7-9H2,1-3H3,(H,22,23);1H. The Hall–Kier alpha value is -1.47. The van der Waals surface area contributed by atoms with Crippen LogP contribution in [-0.2, 0) is 17.5 Å². The molecule has 1 fully saturated rings. The van der Waals surface area contributed by atoms with Crippen molar-refractivity contribution in [3.05, 3.63) is 29.3 Å². The second-order valence-corrected chi connectivity index (χ2v) is 6.41. The van der Waals surface area contributed by atoms with Crippen molar-refractivity contribution in [1.82, 2.24) is 10.6 Å². The molecule has 0 spiro atoms. The number of ether oxygens (including phenoxy) is 1. The maximum atomic E-state index is 13.3. The number of hydrogen-bond donors (Lipinski definition) is 2. The molecule has 142 valence electrons. The van der Waals surface area contributed by atoms with Gasteiger partial charge < -0.3 is 15.4 Å². The second kappa shape index (κ2) is 8.76. The molecule has 4 nitrogen and oxygen atoms in total. The van der Waals surface area contributed by atoms with E-state index in [0.717, 1.165) is 19.2 Å². The van der Waals surface area contributed by atoms with Gasteiger partial charge in [0.05, 0.1) is 11.7 Å². The quantitative estimate of drug-likeness (QED) is 0.795. The Bertz CT molecular complexity index is 590. The van der Waals surface area contributed by atoms with Crippen molar-refractivity contribution in [3.63, 3.8) is 0 Å². The monoisotopic (exact) mass is 380 g/mol. The van der Waals surface area contributed by atoms with E-state index in [2.05, 4.69) is 10.6 Å². The Morgan fingerprint density at radius 2 is 1.96 bits per heavy atom. The number of rotatable bonds is 6. The van der Waals surface area contributed by atoms with Crippen LogP contribution < -0.4 is 15.4 Å². The van der Waals surface area contributed by atoms with E-state index >= 15 is 0 Å². The minimum absolute atomic E-state index is 0. The largest absolute Gasteiger partial charge is 0.491 e. The van der Waals surface area contributed by atoms with Crippen LogP contribution in [0.4, 0.5) is 13.2 Å². The number of alkyl halides is 3. The molecule has 1 amide bonds. The molecule has 1 atom stereocenters. The molecule has 1 saturated heterocycles. The number of nitrogens with one attached hydrogen (secondary N) is 2. The molecule has 1 heterocycles. The van der Waals surface area contributed by atoms with Gasteiger partial charge in [0.1, 0.15) is 5.75 Å². The highest BCUT2D eigenvalue weighted by molar-refractivity contribution is 5.85. The van der Waals surface area contributed by atoms with Gasteiger partial charge in [-0.15, -0.1) is 12.4 Å². The van der Waals surface area contributed by atoms with Crippen molar-refractivity contribution in [3.8, 4) is 5.75 Å². The zero-order chi connectivity index (χ0) is 17.9. The maximum absolute atomic E-state index is 13.3. The highest BCUT2D eigenvalue weighted by Gasteiger charge is 2.34. The van der Waals surface area contributed by atoms with Crippen LogP contribution in [0, 0.1) is 11.8 Å². The van der Waals surface area contributed by atoms with Crippen LogP contribution in [0.3, 0.4) is 0 Å². The summed E-state index contributed by atoms with van der Waals surface area (Å²) in [5.74, 6) is -0.0310. The Labute approximate surface area is 151 Å². The average molecular weight is 381 g/mol. The number of halogens is 4. The van der Waals surface area contributed by atoms with Gasteiger partial charge in [-0.3, -0.25) is 4.79 Å². The van der Waals surface area contributed by atoms with Crippen molar-refractivity contribution >= 4 is 18.3 Å². The van der Waals surface area contributed by atoms with Crippen molar-refractivity contribution in [2.24, 2.45) is 11.8 Å². The molecular formula is C17H24ClF3N2O2. The summed E-state index contributed by atoms with van der Waals surface area (Å²) in [5, 5.41) is 5.69. The van der Waals surface area contributed by atoms with E-state index in [9.17, 15) is 18.0 Å². The number of carbonyl (C=O) groups is 1. The molecule has 0 aliphatic carbocycles. The van der Waals surface area contributed by atoms with E-state index in [-0.39, 0.29) is 54.1 Å². The van der Waals surface area contributed by atoms with Crippen molar-refractivity contribution in [1.29, 1.82) is 0 Å². The molecule has 2 N–H and O–H groups in total. The lowest BCUT2D eigenvalue weighted by molar-refractivity contribution is -0.138. The summed E-state index contributed by atoms with van der Waals surface area (Å²) in [6.45, 7) is 6.68. The zero-order valence-corrected chi connectivity index (χ0v) is 15.3. The van der Waals surface area contributed by atoms with Crippen LogP contribution in [0.15, 0.2) is 18.2 Å². The zero-order valence-electron chi connectivity index (χ0n) is 14.4. The molecule has 25 heavy (non-hydrogen) atoms. The van der Waals surface area contributed by atoms with Gasteiger partial charge in [0.25, 0.3) is 0 Å². The molecule has 1 aromatic carbocycles. The molecular weight excluding hydrogens is 357 g/mol. The fraction of sp³-hybridized carbons (Fsp3) is 0.588. The van der Waals surface area contributed by atoms with Crippen molar-refractivity contribution < 1.29 is 22.7 Å². The van der Waals surface area contributed by atoms with Crippen LogP contribution >= 0.6 is 12.4 Å². The summed E-state index contributed by atoms with van der Waals surface area (Å²) in [6, 6.07) is 3.84. The van der Waals surface area contributed by atoms with Crippen molar-refractivity contribution in [2.45, 2.75) is 39.6 Å². The van der Waals surface area contributed by atoms with Gasteiger partial charge in [0, 0.05) is 12.5 Å². The first-order chi connectivity index (χ1) is 11.2. The Morgan fingerprint density at radius 1 is 1.32 bits per heavy atom. The molecule has 0 bridgehead atoms. The van der Waals surface area contributed by atoms with E-state index in [0.29, 0.717) is 0 Å². The molecule has 2 rings (SSSR count).